The maximum absolute atomic E-state index is 12.2. The number of aliphatic hydroxyl groups excluding tert-OH is 1. The molecular formula is C16H16Cl2N2O2. The largest absolute Gasteiger partial charge is 0.390 e. The van der Waals surface area contributed by atoms with Crippen LogP contribution in [0.3, 0.4) is 0 Å². The number of amides is 1. The van der Waals surface area contributed by atoms with Crippen LogP contribution < -0.4 is 10.6 Å². The van der Waals surface area contributed by atoms with Gasteiger partial charge >= 0.3 is 0 Å². The fraction of sp³-hybridized carbons (Fsp3) is 0.188. The van der Waals surface area contributed by atoms with Crippen molar-refractivity contribution in [2.45, 2.75) is 6.10 Å². The lowest BCUT2D eigenvalue weighted by Gasteiger charge is -2.12. The van der Waals surface area contributed by atoms with Crippen LogP contribution in [0.2, 0.25) is 5.02 Å². The van der Waals surface area contributed by atoms with Crippen molar-refractivity contribution in [3.63, 3.8) is 0 Å². The molecule has 0 bridgehead atoms. The lowest BCUT2D eigenvalue weighted by atomic mass is 10.2. The summed E-state index contributed by atoms with van der Waals surface area (Å²) < 4.78 is 0. The highest BCUT2D eigenvalue weighted by Crippen LogP contribution is 2.19. The van der Waals surface area contributed by atoms with Crippen molar-refractivity contribution >= 4 is 40.5 Å². The summed E-state index contributed by atoms with van der Waals surface area (Å²) in [6, 6.07) is 14.0. The van der Waals surface area contributed by atoms with Crippen LogP contribution in [0, 0.1) is 0 Å². The van der Waals surface area contributed by atoms with Crippen molar-refractivity contribution < 1.29 is 9.90 Å². The highest BCUT2D eigenvalue weighted by atomic mass is 35.5. The molecule has 22 heavy (non-hydrogen) atoms. The maximum Gasteiger partial charge on any atom is 0.257 e. The molecule has 3 N–H and O–H groups in total. The van der Waals surface area contributed by atoms with Gasteiger partial charge in [0, 0.05) is 17.9 Å². The Hall–Kier alpha value is -1.75. The van der Waals surface area contributed by atoms with E-state index in [1.165, 1.54) is 0 Å². The average molecular weight is 339 g/mol. The minimum Gasteiger partial charge on any atom is -0.390 e. The van der Waals surface area contributed by atoms with Crippen LogP contribution >= 0.6 is 23.2 Å². The first-order valence-electron chi connectivity index (χ1n) is 6.74. The number of benzene rings is 2. The van der Waals surface area contributed by atoms with Gasteiger partial charge in [0.2, 0.25) is 0 Å². The molecule has 1 unspecified atom stereocenters. The van der Waals surface area contributed by atoms with Gasteiger partial charge in [-0.3, -0.25) is 4.79 Å². The third kappa shape index (κ3) is 4.63. The molecule has 1 amide bonds. The standard InChI is InChI=1S/C16H16Cl2N2O2/c17-9-13(21)10-19-11-4-3-5-12(8-11)20-16(22)14-6-1-2-7-15(14)18/h1-8,13,19,21H,9-10H2,(H,20,22). The van der Waals surface area contributed by atoms with Crippen LogP contribution in [0.15, 0.2) is 48.5 Å². The SMILES string of the molecule is O=C(Nc1cccc(NCC(O)CCl)c1)c1ccccc1Cl. The summed E-state index contributed by atoms with van der Waals surface area (Å²) in [6.07, 6.45) is -0.622. The number of anilines is 2. The third-order valence-electron chi connectivity index (χ3n) is 2.96. The summed E-state index contributed by atoms with van der Waals surface area (Å²) in [5.41, 5.74) is 1.83. The maximum atomic E-state index is 12.2. The molecule has 0 radical (unpaired) electrons. The summed E-state index contributed by atoms with van der Waals surface area (Å²) in [6.45, 7) is 0.339. The topological polar surface area (TPSA) is 61.4 Å². The molecule has 0 fully saturated rings. The van der Waals surface area contributed by atoms with Crippen molar-refractivity contribution in [3.8, 4) is 0 Å². The van der Waals surface area contributed by atoms with Gasteiger partial charge in [0.05, 0.1) is 22.6 Å². The number of carbonyl (C=O) groups excluding carboxylic acids is 1. The zero-order valence-electron chi connectivity index (χ0n) is 11.7. The van der Waals surface area contributed by atoms with Gasteiger partial charge < -0.3 is 15.7 Å². The molecule has 116 valence electrons. The highest BCUT2D eigenvalue weighted by molar-refractivity contribution is 6.34. The second kappa shape index (κ2) is 8.03. The first-order valence-corrected chi connectivity index (χ1v) is 7.65. The number of rotatable bonds is 6. The molecule has 1 atom stereocenters. The van der Waals surface area contributed by atoms with Gasteiger partial charge in [-0.2, -0.15) is 0 Å². The molecule has 2 aromatic rings. The van der Waals surface area contributed by atoms with Gasteiger partial charge in [-0.15, -0.1) is 11.6 Å². The van der Waals surface area contributed by atoms with E-state index in [1.807, 2.05) is 6.07 Å². The number of aliphatic hydroxyl groups is 1. The minimum atomic E-state index is -0.622. The van der Waals surface area contributed by atoms with E-state index >= 15 is 0 Å². The first-order chi connectivity index (χ1) is 10.6. The van der Waals surface area contributed by atoms with E-state index < -0.39 is 6.10 Å². The fourth-order valence-electron chi connectivity index (χ4n) is 1.84. The zero-order chi connectivity index (χ0) is 15.9. The first kappa shape index (κ1) is 16.6. The molecule has 0 spiro atoms. The number of carbonyl (C=O) groups is 1. The van der Waals surface area contributed by atoms with Crippen LogP contribution in [-0.2, 0) is 0 Å². The van der Waals surface area contributed by atoms with Gasteiger partial charge in [-0.05, 0) is 30.3 Å². The Kier molecular flexibility index (Phi) is 6.07. The second-order valence-electron chi connectivity index (χ2n) is 4.70. The number of nitrogens with one attached hydrogen (secondary N) is 2. The van der Waals surface area contributed by atoms with E-state index in [9.17, 15) is 9.90 Å². The monoisotopic (exact) mass is 338 g/mol. The van der Waals surface area contributed by atoms with Crippen LogP contribution in [0.25, 0.3) is 0 Å². The fourth-order valence-corrected chi connectivity index (χ4v) is 2.17. The smallest absolute Gasteiger partial charge is 0.257 e. The van der Waals surface area contributed by atoms with Gasteiger partial charge in [0.15, 0.2) is 0 Å². The van der Waals surface area contributed by atoms with E-state index in [-0.39, 0.29) is 11.8 Å². The summed E-state index contributed by atoms with van der Waals surface area (Å²) in [4.78, 5) is 12.2. The Labute approximate surface area is 139 Å². The summed E-state index contributed by atoms with van der Waals surface area (Å²) in [7, 11) is 0. The molecule has 6 heteroatoms. The van der Waals surface area contributed by atoms with Crippen molar-refractivity contribution in [3.05, 3.63) is 59.1 Å². The van der Waals surface area contributed by atoms with Gasteiger partial charge in [-0.25, -0.2) is 0 Å². The Bertz CT molecular complexity index is 650. The summed E-state index contributed by atoms with van der Waals surface area (Å²) >= 11 is 11.5. The van der Waals surface area contributed by atoms with Crippen molar-refractivity contribution in [1.82, 2.24) is 0 Å². The van der Waals surface area contributed by atoms with E-state index in [0.29, 0.717) is 22.8 Å². The van der Waals surface area contributed by atoms with Crippen molar-refractivity contribution in [2.75, 3.05) is 23.1 Å². The number of halogens is 2. The van der Waals surface area contributed by atoms with Crippen molar-refractivity contribution in [1.29, 1.82) is 0 Å². The molecular weight excluding hydrogens is 323 g/mol. The predicted molar refractivity (Wildman–Crippen MR) is 91.1 cm³/mol. The molecule has 2 rings (SSSR count). The molecule has 4 nitrogen and oxygen atoms in total. The van der Waals surface area contributed by atoms with Gasteiger partial charge in [0.25, 0.3) is 5.91 Å². The van der Waals surface area contributed by atoms with Gasteiger partial charge in [0.1, 0.15) is 0 Å². The number of hydrogen-bond donors (Lipinski definition) is 3. The summed E-state index contributed by atoms with van der Waals surface area (Å²) in [5.74, 6) is -0.112. The van der Waals surface area contributed by atoms with Crippen LogP contribution in [0.5, 0.6) is 0 Å². The molecule has 0 saturated carbocycles. The molecule has 0 heterocycles. The van der Waals surface area contributed by atoms with E-state index in [4.69, 9.17) is 23.2 Å². The van der Waals surface area contributed by atoms with Crippen LogP contribution in [-0.4, -0.2) is 29.5 Å². The minimum absolute atomic E-state index is 0.163. The zero-order valence-corrected chi connectivity index (χ0v) is 13.2. The Balaban J connectivity index is 2.04. The van der Waals surface area contributed by atoms with Gasteiger partial charge in [-0.1, -0.05) is 29.8 Å². The average Bonchev–Trinajstić information content (AvgIpc) is 2.53. The molecule has 0 aliphatic rings. The number of alkyl halides is 1. The third-order valence-corrected chi connectivity index (χ3v) is 3.64. The second-order valence-corrected chi connectivity index (χ2v) is 5.42. The Morgan fingerprint density at radius 2 is 1.86 bits per heavy atom. The van der Waals surface area contributed by atoms with Crippen molar-refractivity contribution in [2.24, 2.45) is 0 Å². The predicted octanol–water partition coefficient (Wildman–Crippen LogP) is 3.60. The highest BCUT2D eigenvalue weighted by Gasteiger charge is 2.10. The molecule has 0 aromatic heterocycles. The van der Waals surface area contributed by atoms with E-state index in [1.54, 1.807) is 42.5 Å². The molecule has 0 aliphatic carbocycles. The van der Waals surface area contributed by atoms with E-state index in [2.05, 4.69) is 10.6 Å². The van der Waals surface area contributed by atoms with Crippen LogP contribution in [0.1, 0.15) is 10.4 Å². The Morgan fingerprint density at radius 1 is 1.14 bits per heavy atom. The lowest BCUT2D eigenvalue weighted by Crippen LogP contribution is -2.20. The summed E-state index contributed by atoms with van der Waals surface area (Å²) in [5, 5.41) is 15.7. The Morgan fingerprint density at radius 3 is 2.59 bits per heavy atom. The van der Waals surface area contributed by atoms with E-state index in [0.717, 1.165) is 5.69 Å². The lowest BCUT2D eigenvalue weighted by molar-refractivity contribution is 0.102. The molecule has 0 aliphatic heterocycles. The number of hydrogen-bond acceptors (Lipinski definition) is 3. The van der Waals surface area contributed by atoms with Crippen LogP contribution in [0.4, 0.5) is 11.4 Å². The quantitative estimate of drug-likeness (QED) is 0.705. The molecule has 2 aromatic carbocycles. The normalized spacial score (nSPS) is 11.8. The molecule has 0 saturated heterocycles.